The number of unbranched alkanes of at least 4 members (excludes halogenated alkanes) is 3. The van der Waals surface area contributed by atoms with Crippen molar-refractivity contribution in [2.24, 2.45) is 28.9 Å². The van der Waals surface area contributed by atoms with Gasteiger partial charge in [-0.2, -0.15) is 0 Å². The van der Waals surface area contributed by atoms with E-state index in [4.69, 9.17) is 9.92 Å². The molecule has 0 spiro atoms. The molecular weight excluding hydrogens is 524 g/mol. The van der Waals surface area contributed by atoms with Crippen molar-refractivity contribution in [1.82, 2.24) is 9.62 Å². The summed E-state index contributed by atoms with van der Waals surface area (Å²) >= 11 is 0. The SMILES string of the molecule is CCCCCCC(CNS(C)(CCCC1CCCCC(C)C(N)CCC1)OC)CN1CC(CC)(C[N+](C)(C)CC)C1. The Hall–Kier alpha value is 0.150. The van der Waals surface area contributed by atoms with Gasteiger partial charge in [0.25, 0.3) is 0 Å². The molecule has 5 unspecified atom stereocenters. The molecular formula is C35H75N4OS+. The minimum Gasteiger partial charge on any atom is -0.328 e. The normalized spacial score (nSPS) is 27.5. The summed E-state index contributed by atoms with van der Waals surface area (Å²) in [7, 11) is 5.54. The molecule has 1 saturated heterocycles. The van der Waals surface area contributed by atoms with Gasteiger partial charge in [0.05, 0.1) is 27.2 Å². The number of likely N-dealkylation sites (tertiary alicyclic amines) is 1. The van der Waals surface area contributed by atoms with Gasteiger partial charge in [0, 0.05) is 50.5 Å². The number of nitrogens with two attached hydrogens (primary N) is 1. The topological polar surface area (TPSA) is 50.5 Å². The molecule has 5 nitrogen and oxygen atoms in total. The summed E-state index contributed by atoms with van der Waals surface area (Å²) in [4.78, 5) is 2.77. The fourth-order valence-electron chi connectivity index (χ4n) is 7.60. The maximum absolute atomic E-state index is 6.46. The van der Waals surface area contributed by atoms with Crippen molar-refractivity contribution in [3.8, 4) is 0 Å². The van der Waals surface area contributed by atoms with Gasteiger partial charge in [0.15, 0.2) is 0 Å². The zero-order valence-electron chi connectivity index (χ0n) is 29.2. The van der Waals surface area contributed by atoms with Crippen molar-refractivity contribution < 1.29 is 8.67 Å². The van der Waals surface area contributed by atoms with E-state index < -0.39 is 10.5 Å². The molecule has 5 atom stereocenters. The number of nitrogens with zero attached hydrogens (tertiary/aromatic N) is 2. The third-order valence-electron chi connectivity index (χ3n) is 11.1. The maximum atomic E-state index is 6.46. The quantitative estimate of drug-likeness (QED) is 0.117. The highest BCUT2D eigenvalue weighted by Crippen LogP contribution is 2.42. The maximum Gasteiger partial charge on any atom is 0.0864 e. The van der Waals surface area contributed by atoms with Gasteiger partial charge in [-0.05, 0) is 69.5 Å². The van der Waals surface area contributed by atoms with Gasteiger partial charge in [0.2, 0.25) is 0 Å². The van der Waals surface area contributed by atoms with Crippen LogP contribution in [0.4, 0.5) is 0 Å². The van der Waals surface area contributed by atoms with E-state index in [0.29, 0.717) is 17.4 Å². The fourth-order valence-corrected chi connectivity index (χ4v) is 9.33. The summed E-state index contributed by atoms with van der Waals surface area (Å²) in [5, 5.41) is 0. The van der Waals surface area contributed by atoms with Crippen LogP contribution in [0.2, 0.25) is 0 Å². The first-order valence-corrected chi connectivity index (χ1v) is 20.0. The van der Waals surface area contributed by atoms with E-state index in [1.807, 2.05) is 7.11 Å². The van der Waals surface area contributed by atoms with E-state index in [9.17, 15) is 0 Å². The highest BCUT2D eigenvalue weighted by atomic mass is 32.3. The van der Waals surface area contributed by atoms with E-state index in [1.165, 1.54) is 135 Å². The molecule has 6 heteroatoms. The Bertz CT molecular complexity index is 685. The molecule has 3 N–H and O–H groups in total. The van der Waals surface area contributed by atoms with Crippen LogP contribution < -0.4 is 10.5 Å². The Morgan fingerprint density at radius 2 is 1.71 bits per heavy atom. The van der Waals surface area contributed by atoms with E-state index in [0.717, 1.165) is 22.9 Å². The molecule has 0 bridgehead atoms. The fraction of sp³-hybridized carbons (Fsp3) is 1.00. The monoisotopic (exact) mass is 600 g/mol. The number of hydrogen-bond acceptors (Lipinski definition) is 4. The second kappa shape index (κ2) is 18.8. The Morgan fingerprint density at radius 1 is 1.00 bits per heavy atom. The van der Waals surface area contributed by atoms with Crippen molar-refractivity contribution in [1.29, 1.82) is 0 Å². The Balaban J connectivity index is 1.85. The van der Waals surface area contributed by atoms with Crippen molar-refractivity contribution in [2.75, 3.05) is 72.5 Å². The molecule has 246 valence electrons. The summed E-state index contributed by atoms with van der Waals surface area (Å²) in [6.45, 7) is 16.9. The largest absolute Gasteiger partial charge is 0.328 e. The predicted octanol–water partition coefficient (Wildman–Crippen LogP) is 7.99. The zero-order valence-corrected chi connectivity index (χ0v) is 30.0. The molecule has 0 radical (unpaired) electrons. The highest BCUT2D eigenvalue weighted by Gasteiger charge is 2.46. The number of hydrogen-bond donors (Lipinski definition) is 2. The first-order chi connectivity index (χ1) is 19.5. The number of nitrogens with one attached hydrogen (secondary N) is 1. The van der Waals surface area contributed by atoms with Crippen LogP contribution in [0.3, 0.4) is 0 Å². The second-order valence-electron chi connectivity index (χ2n) is 15.2. The van der Waals surface area contributed by atoms with Crippen molar-refractivity contribution in [2.45, 2.75) is 130 Å². The van der Waals surface area contributed by atoms with Crippen LogP contribution in [-0.2, 0) is 4.18 Å². The van der Waals surface area contributed by atoms with Gasteiger partial charge >= 0.3 is 0 Å². The molecule has 2 rings (SSSR count). The lowest BCUT2D eigenvalue weighted by atomic mass is 9.75. The van der Waals surface area contributed by atoms with Gasteiger partial charge < -0.3 is 19.3 Å². The lowest BCUT2D eigenvalue weighted by molar-refractivity contribution is -0.896. The Kier molecular flexibility index (Phi) is 17.2. The first-order valence-electron chi connectivity index (χ1n) is 17.9. The molecule has 2 fully saturated rings. The third-order valence-corrected chi connectivity index (χ3v) is 13.6. The molecule has 0 amide bonds. The summed E-state index contributed by atoms with van der Waals surface area (Å²) in [6.07, 6.45) is 22.5. The summed E-state index contributed by atoms with van der Waals surface area (Å²) in [6, 6.07) is 0.408. The van der Waals surface area contributed by atoms with E-state index in [2.05, 4.69) is 57.7 Å². The zero-order chi connectivity index (χ0) is 30.4. The minimum atomic E-state index is -1.22. The Labute approximate surface area is 259 Å². The van der Waals surface area contributed by atoms with E-state index >= 15 is 0 Å². The predicted molar refractivity (Wildman–Crippen MR) is 185 cm³/mol. The van der Waals surface area contributed by atoms with Crippen LogP contribution in [-0.4, -0.2) is 87.9 Å². The number of quaternary nitrogens is 1. The molecule has 1 aliphatic carbocycles. The summed E-state index contributed by atoms with van der Waals surface area (Å²) < 4.78 is 11.4. The molecule has 2 aliphatic rings. The van der Waals surface area contributed by atoms with Gasteiger partial charge in [0.1, 0.15) is 0 Å². The lowest BCUT2D eigenvalue weighted by Gasteiger charge is -2.53. The van der Waals surface area contributed by atoms with Crippen molar-refractivity contribution in [3.63, 3.8) is 0 Å². The van der Waals surface area contributed by atoms with Crippen molar-refractivity contribution >= 4 is 10.5 Å². The van der Waals surface area contributed by atoms with Gasteiger partial charge in [-0.1, -0.05) is 89.1 Å². The molecule has 41 heavy (non-hydrogen) atoms. The molecule has 0 aromatic rings. The minimum absolute atomic E-state index is 0.408. The molecule has 0 aromatic heterocycles. The summed E-state index contributed by atoms with van der Waals surface area (Å²) in [5.41, 5.74) is 6.98. The highest BCUT2D eigenvalue weighted by molar-refractivity contribution is 8.27. The Morgan fingerprint density at radius 3 is 2.37 bits per heavy atom. The van der Waals surface area contributed by atoms with Crippen LogP contribution in [0.25, 0.3) is 0 Å². The smallest absolute Gasteiger partial charge is 0.0864 e. The third kappa shape index (κ3) is 13.8. The van der Waals surface area contributed by atoms with E-state index in [1.54, 1.807) is 0 Å². The van der Waals surface area contributed by atoms with Crippen LogP contribution >= 0.6 is 10.5 Å². The van der Waals surface area contributed by atoms with Gasteiger partial charge in [-0.15, -0.1) is 0 Å². The molecule has 0 aromatic carbocycles. The second-order valence-corrected chi connectivity index (χ2v) is 18.3. The summed E-state index contributed by atoms with van der Waals surface area (Å²) in [5.74, 6) is 3.49. The average Bonchev–Trinajstić information content (AvgIpc) is 2.93. The standard InChI is InChI=1S/C35H75N4OS/c1-9-12-13-14-21-33(27-38-28-35(10-2,29-38)30-39(5,6)11-3)26-37-41(8,40-7)25-18-23-32-20-16-15-19-31(4)34(36)24-17-22-32/h31-34,37H,9-30,36H2,1-8H3/q+1. The van der Waals surface area contributed by atoms with Crippen LogP contribution in [0, 0.1) is 23.2 Å². The van der Waals surface area contributed by atoms with Crippen LogP contribution in [0.15, 0.2) is 0 Å². The van der Waals surface area contributed by atoms with Gasteiger partial charge in [-0.3, -0.25) is 4.72 Å². The molecule has 1 saturated carbocycles. The van der Waals surface area contributed by atoms with Crippen LogP contribution in [0.5, 0.6) is 0 Å². The van der Waals surface area contributed by atoms with Crippen molar-refractivity contribution in [3.05, 3.63) is 0 Å². The molecule has 1 heterocycles. The first kappa shape index (κ1) is 37.3. The van der Waals surface area contributed by atoms with Crippen LogP contribution in [0.1, 0.15) is 124 Å². The van der Waals surface area contributed by atoms with Gasteiger partial charge in [-0.25, -0.2) is 0 Å². The lowest BCUT2D eigenvalue weighted by Crippen LogP contribution is -2.64. The average molecular weight is 600 g/mol. The van der Waals surface area contributed by atoms with E-state index in [-0.39, 0.29) is 0 Å². The molecule has 1 aliphatic heterocycles. The number of rotatable bonds is 19.